The molecule has 7 heteroatoms. The van der Waals surface area contributed by atoms with Crippen LogP contribution >= 0.6 is 0 Å². The van der Waals surface area contributed by atoms with E-state index in [4.69, 9.17) is 11.2 Å². The summed E-state index contributed by atoms with van der Waals surface area (Å²) < 4.78 is 5.28. The summed E-state index contributed by atoms with van der Waals surface area (Å²) in [4.78, 5) is 24.1. The van der Waals surface area contributed by atoms with E-state index in [1.54, 1.807) is 17.0 Å². The van der Waals surface area contributed by atoms with Crippen LogP contribution in [0.15, 0.2) is 24.3 Å². The zero-order valence-corrected chi connectivity index (χ0v) is 12.7. The highest BCUT2D eigenvalue weighted by atomic mass is 16.6. The number of carbonyl (C=O) groups excluding carboxylic acids is 1. The minimum Gasteiger partial charge on any atom is -0.445 e. The Kier molecular flexibility index (Phi) is 5.94. The number of piperidine rings is 1. The molecule has 0 spiro atoms. The SMILES string of the molecule is C#CCN(C(=O)OCc1cccc([N+](=O)[O-])c1)C1CCNCC1. The number of terminal acetylenes is 1. The lowest BCUT2D eigenvalue weighted by molar-refractivity contribution is -0.384. The molecule has 1 fully saturated rings. The van der Waals surface area contributed by atoms with E-state index in [9.17, 15) is 14.9 Å². The van der Waals surface area contributed by atoms with Crippen LogP contribution < -0.4 is 5.32 Å². The number of non-ortho nitro benzene ring substituents is 1. The van der Waals surface area contributed by atoms with Gasteiger partial charge in [0.1, 0.15) is 6.61 Å². The summed E-state index contributed by atoms with van der Waals surface area (Å²) in [7, 11) is 0. The number of hydrogen-bond acceptors (Lipinski definition) is 5. The van der Waals surface area contributed by atoms with Crippen LogP contribution in [-0.2, 0) is 11.3 Å². The molecule has 1 aliphatic rings. The molecule has 1 saturated heterocycles. The Bertz CT molecular complexity index is 606. The summed E-state index contributed by atoms with van der Waals surface area (Å²) >= 11 is 0. The summed E-state index contributed by atoms with van der Waals surface area (Å²) in [6.07, 6.45) is 6.51. The summed E-state index contributed by atoms with van der Waals surface area (Å²) in [5.74, 6) is 2.48. The van der Waals surface area contributed by atoms with Gasteiger partial charge in [0.2, 0.25) is 0 Å². The molecule has 0 bridgehead atoms. The molecular weight excluding hydrogens is 298 g/mol. The maximum Gasteiger partial charge on any atom is 0.411 e. The van der Waals surface area contributed by atoms with Crippen molar-refractivity contribution in [1.29, 1.82) is 0 Å². The fourth-order valence-corrected chi connectivity index (χ4v) is 2.55. The van der Waals surface area contributed by atoms with Crippen molar-refractivity contribution in [2.75, 3.05) is 19.6 Å². The quantitative estimate of drug-likeness (QED) is 0.509. The molecule has 0 aliphatic carbocycles. The normalized spacial score (nSPS) is 14.7. The first-order valence-electron chi connectivity index (χ1n) is 7.42. The van der Waals surface area contributed by atoms with Gasteiger partial charge < -0.3 is 10.1 Å². The first kappa shape index (κ1) is 16.8. The number of carbonyl (C=O) groups is 1. The summed E-state index contributed by atoms with van der Waals surface area (Å²) in [6, 6.07) is 6.09. The lowest BCUT2D eigenvalue weighted by Gasteiger charge is -2.32. The highest BCUT2D eigenvalue weighted by Crippen LogP contribution is 2.16. The van der Waals surface area contributed by atoms with E-state index in [1.165, 1.54) is 12.1 Å². The predicted molar refractivity (Wildman–Crippen MR) is 84.7 cm³/mol. The van der Waals surface area contributed by atoms with Crippen molar-refractivity contribution < 1.29 is 14.5 Å². The Balaban J connectivity index is 1.97. The van der Waals surface area contributed by atoms with Gasteiger partial charge in [-0.2, -0.15) is 0 Å². The molecule has 1 heterocycles. The van der Waals surface area contributed by atoms with Crippen LogP contribution in [0.1, 0.15) is 18.4 Å². The second kappa shape index (κ2) is 8.15. The van der Waals surface area contributed by atoms with Crippen molar-refractivity contribution in [3.63, 3.8) is 0 Å². The third-order valence-corrected chi connectivity index (χ3v) is 3.73. The third-order valence-electron chi connectivity index (χ3n) is 3.73. The number of nitro groups is 1. The zero-order valence-electron chi connectivity index (χ0n) is 12.7. The Morgan fingerprint density at radius 1 is 1.48 bits per heavy atom. The van der Waals surface area contributed by atoms with Gasteiger partial charge in [0, 0.05) is 18.2 Å². The van der Waals surface area contributed by atoms with Crippen LogP contribution in [0.5, 0.6) is 0 Å². The second-order valence-electron chi connectivity index (χ2n) is 5.29. The van der Waals surface area contributed by atoms with E-state index in [2.05, 4.69) is 11.2 Å². The minimum atomic E-state index is -0.485. The first-order chi connectivity index (χ1) is 11.1. The Labute approximate surface area is 134 Å². The van der Waals surface area contributed by atoms with Gasteiger partial charge in [-0.15, -0.1) is 6.42 Å². The Hall–Kier alpha value is -2.59. The average Bonchev–Trinajstić information content (AvgIpc) is 2.58. The third kappa shape index (κ3) is 4.69. The van der Waals surface area contributed by atoms with Crippen molar-refractivity contribution in [2.45, 2.75) is 25.5 Å². The molecule has 1 aromatic carbocycles. The maximum absolute atomic E-state index is 12.3. The fourth-order valence-electron chi connectivity index (χ4n) is 2.55. The molecule has 1 aliphatic heterocycles. The van der Waals surface area contributed by atoms with Gasteiger partial charge in [0.15, 0.2) is 0 Å². The second-order valence-corrected chi connectivity index (χ2v) is 5.29. The van der Waals surface area contributed by atoms with Crippen LogP contribution in [-0.4, -0.2) is 41.6 Å². The van der Waals surface area contributed by atoms with Gasteiger partial charge in [0.05, 0.1) is 11.5 Å². The molecule has 0 saturated carbocycles. The lowest BCUT2D eigenvalue weighted by Crippen LogP contribution is -2.46. The van der Waals surface area contributed by atoms with Gasteiger partial charge in [-0.3, -0.25) is 15.0 Å². The van der Waals surface area contributed by atoms with E-state index in [0.29, 0.717) is 5.56 Å². The van der Waals surface area contributed by atoms with Crippen LogP contribution in [0, 0.1) is 22.5 Å². The lowest BCUT2D eigenvalue weighted by atomic mass is 10.1. The minimum absolute atomic E-state index is 0.0213. The van der Waals surface area contributed by atoms with E-state index in [1.807, 2.05) is 0 Å². The van der Waals surface area contributed by atoms with Crippen LogP contribution in [0.3, 0.4) is 0 Å². The molecule has 7 nitrogen and oxygen atoms in total. The molecule has 0 unspecified atom stereocenters. The van der Waals surface area contributed by atoms with E-state index < -0.39 is 11.0 Å². The Morgan fingerprint density at radius 3 is 2.87 bits per heavy atom. The van der Waals surface area contributed by atoms with Crippen molar-refractivity contribution in [3.05, 3.63) is 39.9 Å². The molecule has 1 aromatic rings. The summed E-state index contributed by atoms with van der Waals surface area (Å²) in [5.41, 5.74) is 0.538. The van der Waals surface area contributed by atoms with Crippen molar-refractivity contribution >= 4 is 11.8 Å². The number of ether oxygens (including phenoxy) is 1. The number of amides is 1. The van der Waals surface area contributed by atoms with Crippen molar-refractivity contribution in [3.8, 4) is 12.3 Å². The van der Waals surface area contributed by atoms with Crippen LogP contribution in [0.2, 0.25) is 0 Å². The maximum atomic E-state index is 12.3. The number of hydrogen-bond donors (Lipinski definition) is 1. The molecule has 1 amide bonds. The summed E-state index contributed by atoms with van der Waals surface area (Å²) in [6.45, 7) is 1.85. The summed E-state index contributed by atoms with van der Waals surface area (Å²) in [5, 5.41) is 14.0. The first-order valence-corrected chi connectivity index (χ1v) is 7.42. The smallest absolute Gasteiger partial charge is 0.411 e. The highest BCUT2D eigenvalue weighted by molar-refractivity contribution is 5.68. The van der Waals surface area contributed by atoms with Gasteiger partial charge in [-0.25, -0.2) is 4.79 Å². The number of nitro benzene ring substituents is 1. The average molecular weight is 317 g/mol. The van der Waals surface area contributed by atoms with Gasteiger partial charge in [-0.1, -0.05) is 18.1 Å². The van der Waals surface area contributed by atoms with Gasteiger partial charge in [-0.05, 0) is 31.5 Å². The van der Waals surface area contributed by atoms with Crippen LogP contribution in [0.25, 0.3) is 0 Å². The molecular formula is C16H19N3O4. The fraction of sp³-hybridized carbons (Fsp3) is 0.438. The number of nitrogens with one attached hydrogen (secondary N) is 1. The Morgan fingerprint density at radius 2 is 2.22 bits per heavy atom. The highest BCUT2D eigenvalue weighted by Gasteiger charge is 2.25. The number of rotatable bonds is 5. The molecule has 0 atom stereocenters. The standard InChI is InChI=1S/C16H19N3O4/c1-2-10-18(14-6-8-17-9-7-14)16(20)23-12-13-4-3-5-15(11-13)19(21)22/h1,3-5,11,14,17H,6-10,12H2. The van der Waals surface area contributed by atoms with E-state index >= 15 is 0 Å². The topological polar surface area (TPSA) is 84.7 Å². The van der Waals surface area contributed by atoms with Crippen molar-refractivity contribution in [1.82, 2.24) is 10.2 Å². The molecule has 0 radical (unpaired) electrons. The zero-order chi connectivity index (χ0) is 16.7. The van der Waals surface area contributed by atoms with Gasteiger partial charge in [0.25, 0.3) is 5.69 Å². The number of benzene rings is 1. The molecule has 122 valence electrons. The van der Waals surface area contributed by atoms with E-state index in [-0.39, 0.29) is 24.9 Å². The van der Waals surface area contributed by atoms with Gasteiger partial charge >= 0.3 is 6.09 Å². The largest absolute Gasteiger partial charge is 0.445 e. The number of nitrogens with zero attached hydrogens (tertiary/aromatic N) is 2. The van der Waals surface area contributed by atoms with E-state index in [0.717, 1.165) is 25.9 Å². The van der Waals surface area contributed by atoms with Crippen molar-refractivity contribution in [2.24, 2.45) is 0 Å². The molecule has 1 N–H and O–H groups in total. The monoisotopic (exact) mass is 317 g/mol. The predicted octanol–water partition coefficient (Wildman–Crippen LogP) is 1.92. The molecule has 23 heavy (non-hydrogen) atoms. The molecule has 2 rings (SSSR count). The molecule has 0 aromatic heterocycles. The van der Waals surface area contributed by atoms with Crippen LogP contribution in [0.4, 0.5) is 10.5 Å².